The maximum absolute atomic E-state index is 14.0. The van der Waals surface area contributed by atoms with E-state index in [0.717, 1.165) is 16.7 Å². The van der Waals surface area contributed by atoms with Gasteiger partial charge in [-0.3, -0.25) is 19.2 Å². The van der Waals surface area contributed by atoms with Crippen molar-refractivity contribution in [1.29, 1.82) is 0 Å². The number of rotatable bonds is 9. The Morgan fingerprint density at radius 3 is 2.37 bits per heavy atom. The number of hydrogen-bond acceptors (Lipinski definition) is 5. The van der Waals surface area contributed by atoms with Crippen LogP contribution in [0.2, 0.25) is 0 Å². The molecule has 0 radical (unpaired) electrons. The lowest BCUT2D eigenvalue weighted by molar-refractivity contribution is -0.147. The number of nitrogens with zero attached hydrogens (tertiary/aromatic N) is 2. The maximum Gasteiger partial charge on any atom is 0.247 e. The molecule has 2 heterocycles. The first-order valence-corrected chi connectivity index (χ1v) is 14.7. The van der Waals surface area contributed by atoms with E-state index >= 15 is 0 Å². The van der Waals surface area contributed by atoms with Gasteiger partial charge in [0.1, 0.15) is 12.1 Å². The number of amides is 4. The standard InChI is InChI=1S/C32H43N5O4/c1-21(2)18-29(38)36-17-16-25-14-15-28(37(25)32(41)27(20-36)35-30(39)22(3)33-4)31(40)34-19-24-12-8-9-13-26(24)23-10-6-5-7-11-23/h5-13,21-22,25,27-28,33H,14-20H2,1-4H3,(H,34,40)(H,35,39)/t22-,25+,27-,28-/m0/s1. The van der Waals surface area contributed by atoms with Gasteiger partial charge < -0.3 is 25.8 Å². The van der Waals surface area contributed by atoms with Crippen molar-refractivity contribution in [2.75, 3.05) is 20.1 Å². The fourth-order valence-corrected chi connectivity index (χ4v) is 5.75. The van der Waals surface area contributed by atoms with Crippen molar-refractivity contribution in [2.24, 2.45) is 5.92 Å². The SMILES string of the molecule is CN[C@@H](C)C(=O)N[C@H]1CN(C(=O)CC(C)C)CC[C@H]2CC[C@@H](C(=O)NCc3ccccc3-c3ccccc3)N2C1=O. The van der Waals surface area contributed by atoms with E-state index in [1.165, 1.54) is 0 Å². The molecule has 2 fully saturated rings. The molecule has 9 heteroatoms. The van der Waals surface area contributed by atoms with Gasteiger partial charge in [-0.15, -0.1) is 0 Å². The van der Waals surface area contributed by atoms with Gasteiger partial charge in [-0.25, -0.2) is 0 Å². The molecule has 0 unspecified atom stereocenters. The van der Waals surface area contributed by atoms with Crippen molar-refractivity contribution < 1.29 is 19.2 Å². The Morgan fingerprint density at radius 1 is 0.951 bits per heavy atom. The zero-order valence-corrected chi connectivity index (χ0v) is 24.6. The van der Waals surface area contributed by atoms with Crippen LogP contribution in [0.5, 0.6) is 0 Å². The first kappa shape index (κ1) is 30.2. The van der Waals surface area contributed by atoms with E-state index in [-0.39, 0.29) is 42.1 Å². The summed E-state index contributed by atoms with van der Waals surface area (Å²) in [6, 6.07) is 15.8. The van der Waals surface area contributed by atoms with Crippen LogP contribution in [0.4, 0.5) is 0 Å². The molecule has 2 aromatic rings. The smallest absolute Gasteiger partial charge is 0.247 e. The van der Waals surface area contributed by atoms with E-state index in [2.05, 4.69) is 16.0 Å². The number of carbonyl (C=O) groups excluding carboxylic acids is 4. The third-order valence-corrected chi connectivity index (χ3v) is 8.13. The van der Waals surface area contributed by atoms with Gasteiger partial charge in [0.25, 0.3) is 0 Å². The van der Waals surface area contributed by atoms with Crippen LogP contribution >= 0.6 is 0 Å². The summed E-state index contributed by atoms with van der Waals surface area (Å²) in [7, 11) is 1.68. The molecular formula is C32H43N5O4. The van der Waals surface area contributed by atoms with E-state index in [0.29, 0.717) is 38.8 Å². The zero-order chi connectivity index (χ0) is 29.5. The van der Waals surface area contributed by atoms with Crippen molar-refractivity contribution in [3.63, 3.8) is 0 Å². The van der Waals surface area contributed by atoms with Crippen LogP contribution in [-0.4, -0.2) is 77.7 Å². The Balaban J connectivity index is 1.52. The van der Waals surface area contributed by atoms with E-state index in [4.69, 9.17) is 0 Å². The highest BCUT2D eigenvalue weighted by Gasteiger charge is 2.45. The highest BCUT2D eigenvalue weighted by Crippen LogP contribution is 2.30. The van der Waals surface area contributed by atoms with Gasteiger partial charge in [-0.05, 0) is 55.8 Å². The van der Waals surface area contributed by atoms with Gasteiger partial charge in [0.05, 0.1) is 6.04 Å². The van der Waals surface area contributed by atoms with Gasteiger partial charge in [0.2, 0.25) is 23.6 Å². The molecule has 4 rings (SSSR count). The van der Waals surface area contributed by atoms with Gasteiger partial charge in [-0.2, -0.15) is 0 Å². The van der Waals surface area contributed by atoms with Gasteiger partial charge in [0.15, 0.2) is 0 Å². The van der Waals surface area contributed by atoms with Gasteiger partial charge >= 0.3 is 0 Å². The molecule has 2 aliphatic rings. The fourth-order valence-electron chi connectivity index (χ4n) is 5.75. The summed E-state index contributed by atoms with van der Waals surface area (Å²) in [5.41, 5.74) is 3.11. The molecule has 0 aromatic heterocycles. The maximum atomic E-state index is 14.0. The van der Waals surface area contributed by atoms with E-state index in [9.17, 15) is 19.2 Å². The van der Waals surface area contributed by atoms with Crippen LogP contribution in [0, 0.1) is 5.92 Å². The number of likely N-dealkylation sites (N-methyl/N-ethyl adjacent to an activating group) is 1. The van der Waals surface area contributed by atoms with Crippen LogP contribution in [0.25, 0.3) is 11.1 Å². The monoisotopic (exact) mass is 561 g/mol. The highest BCUT2D eigenvalue weighted by atomic mass is 16.2. The molecule has 2 aromatic carbocycles. The zero-order valence-electron chi connectivity index (χ0n) is 24.6. The highest BCUT2D eigenvalue weighted by molar-refractivity contribution is 5.94. The van der Waals surface area contributed by atoms with Crippen LogP contribution in [-0.2, 0) is 25.7 Å². The molecule has 0 bridgehead atoms. The minimum Gasteiger partial charge on any atom is -0.350 e. The van der Waals surface area contributed by atoms with E-state index in [1.807, 2.05) is 68.4 Å². The summed E-state index contributed by atoms with van der Waals surface area (Å²) < 4.78 is 0. The molecule has 41 heavy (non-hydrogen) atoms. The summed E-state index contributed by atoms with van der Waals surface area (Å²) in [5, 5.41) is 8.84. The lowest BCUT2D eigenvalue weighted by Gasteiger charge is -2.39. The Hall–Kier alpha value is -3.72. The normalized spacial score (nSPS) is 21.6. The van der Waals surface area contributed by atoms with Crippen molar-refractivity contribution in [2.45, 2.75) is 77.2 Å². The second-order valence-corrected chi connectivity index (χ2v) is 11.5. The summed E-state index contributed by atoms with van der Waals surface area (Å²) in [6.07, 6.45) is 2.19. The molecule has 3 N–H and O–H groups in total. The average Bonchev–Trinajstić information content (AvgIpc) is 3.39. The largest absolute Gasteiger partial charge is 0.350 e. The van der Waals surface area contributed by atoms with Crippen LogP contribution in [0.15, 0.2) is 54.6 Å². The minimum absolute atomic E-state index is 0.0217. The molecule has 4 atom stereocenters. The molecule has 0 aliphatic carbocycles. The predicted octanol–water partition coefficient (Wildman–Crippen LogP) is 2.70. The summed E-state index contributed by atoms with van der Waals surface area (Å²) in [5.74, 6) is -0.672. The summed E-state index contributed by atoms with van der Waals surface area (Å²) in [4.78, 5) is 56.8. The topological polar surface area (TPSA) is 111 Å². The van der Waals surface area contributed by atoms with Crippen molar-refractivity contribution >= 4 is 23.6 Å². The van der Waals surface area contributed by atoms with Gasteiger partial charge in [0, 0.05) is 32.1 Å². The second kappa shape index (κ2) is 13.8. The number of carbonyl (C=O) groups is 4. The number of hydrogen-bond donors (Lipinski definition) is 3. The second-order valence-electron chi connectivity index (χ2n) is 11.5. The molecule has 4 amide bonds. The third-order valence-electron chi connectivity index (χ3n) is 8.13. The molecular weight excluding hydrogens is 518 g/mol. The first-order valence-electron chi connectivity index (χ1n) is 14.7. The summed E-state index contributed by atoms with van der Waals surface area (Å²) >= 11 is 0. The predicted molar refractivity (Wildman–Crippen MR) is 158 cm³/mol. The van der Waals surface area contributed by atoms with Crippen LogP contribution < -0.4 is 16.0 Å². The molecule has 2 saturated heterocycles. The average molecular weight is 562 g/mol. The molecule has 0 spiro atoms. The lowest BCUT2D eigenvalue weighted by atomic mass is 9.99. The first-order chi connectivity index (χ1) is 19.7. The lowest BCUT2D eigenvalue weighted by Crippen LogP contribution is -2.62. The van der Waals surface area contributed by atoms with Crippen molar-refractivity contribution in [3.8, 4) is 11.1 Å². The van der Waals surface area contributed by atoms with E-state index in [1.54, 1.807) is 23.8 Å². The number of fused-ring (bicyclic) bond motifs is 1. The van der Waals surface area contributed by atoms with E-state index < -0.39 is 18.1 Å². The fraction of sp³-hybridized carbons (Fsp3) is 0.500. The van der Waals surface area contributed by atoms with Crippen molar-refractivity contribution in [3.05, 3.63) is 60.2 Å². The van der Waals surface area contributed by atoms with Gasteiger partial charge in [-0.1, -0.05) is 68.4 Å². The molecule has 2 aliphatic heterocycles. The Bertz CT molecular complexity index is 1230. The number of nitrogens with one attached hydrogen (secondary N) is 3. The Labute approximate surface area is 243 Å². The number of benzene rings is 2. The Morgan fingerprint density at radius 2 is 1.66 bits per heavy atom. The molecule has 0 saturated carbocycles. The van der Waals surface area contributed by atoms with Crippen molar-refractivity contribution in [1.82, 2.24) is 25.8 Å². The molecule has 220 valence electrons. The minimum atomic E-state index is -0.926. The van der Waals surface area contributed by atoms with Crippen LogP contribution in [0.1, 0.15) is 52.0 Å². The Kier molecular flexibility index (Phi) is 10.2. The third kappa shape index (κ3) is 7.33. The quantitative estimate of drug-likeness (QED) is 0.436. The molecule has 9 nitrogen and oxygen atoms in total. The summed E-state index contributed by atoms with van der Waals surface area (Å²) in [6.45, 7) is 6.60. The van der Waals surface area contributed by atoms with Crippen LogP contribution in [0.3, 0.4) is 0 Å².